The molecule has 0 spiro atoms. The highest BCUT2D eigenvalue weighted by molar-refractivity contribution is 5.98. The molecule has 3 aromatic rings. The van der Waals surface area contributed by atoms with Crippen LogP contribution in [0.5, 0.6) is 0 Å². The van der Waals surface area contributed by atoms with Crippen LogP contribution in [0.1, 0.15) is 38.6 Å². The zero-order chi connectivity index (χ0) is 16.7. The fourth-order valence-corrected chi connectivity index (χ4v) is 3.58. The highest BCUT2D eigenvalue weighted by Crippen LogP contribution is 2.37. The molecule has 4 N–H and O–H groups in total. The molecule has 1 aromatic carbocycles. The molecular weight excluding hydrogens is 300 g/mol. The molecule has 0 atom stereocenters. The van der Waals surface area contributed by atoms with Gasteiger partial charge < -0.3 is 11.5 Å². The minimum Gasteiger partial charge on any atom is -0.399 e. The van der Waals surface area contributed by atoms with Crippen molar-refractivity contribution in [2.24, 2.45) is 5.92 Å². The first kappa shape index (κ1) is 14.9. The molecule has 1 saturated carbocycles. The molecule has 1 fully saturated rings. The molecular formula is C18H22N6. The van der Waals surface area contributed by atoms with Gasteiger partial charge in [-0.05, 0) is 43.7 Å². The maximum absolute atomic E-state index is 6.16. The Morgan fingerprint density at radius 1 is 1.00 bits per heavy atom. The van der Waals surface area contributed by atoms with Crippen molar-refractivity contribution >= 4 is 22.5 Å². The van der Waals surface area contributed by atoms with Gasteiger partial charge in [-0.1, -0.05) is 19.1 Å². The summed E-state index contributed by atoms with van der Waals surface area (Å²) in [6.45, 7) is 2.32. The van der Waals surface area contributed by atoms with Gasteiger partial charge in [0.25, 0.3) is 0 Å². The lowest BCUT2D eigenvalue weighted by atomic mass is 9.87. The summed E-state index contributed by atoms with van der Waals surface area (Å²) in [7, 11) is 0. The Morgan fingerprint density at radius 2 is 1.71 bits per heavy atom. The van der Waals surface area contributed by atoms with Crippen LogP contribution in [0.3, 0.4) is 0 Å². The minimum atomic E-state index is 0.375. The van der Waals surface area contributed by atoms with Crippen molar-refractivity contribution in [1.29, 1.82) is 0 Å². The van der Waals surface area contributed by atoms with Gasteiger partial charge in [-0.2, -0.15) is 5.10 Å². The van der Waals surface area contributed by atoms with Gasteiger partial charge in [0.05, 0.1) is 11.4 Å². The number of fused-ring (bicyclic) bond motifs is 1. The Morgan fingerprint density at radius 3 is 2.42 bits per heavy atom. The van der Waals surface area contributed by atoms with E-state index in [2.05, 4.69) is 21.6 Å². The number of hydrogen-bond donors (Lipinski definition) is 2. The zero-order valence-electron chi connectivity index (χ0n) is 13.8. The summed E-state index contributed by atoms with van der Waals surface area (Å²) in [5.41, 5.74) is 15.3. The minimum absolute atomic E-state index is 0.375. The number of nitrogen functional groups attached to an aromatic ring is 2. The van der Waals surface area contributed by atoms with Gasteiger partial charge in [0, 0.05) is 11.3 Å². The predicted molar refractivity (Wildman–Crippen MR) is 96.3 cm³/mol. The van der Waals surface area contributed by atoms with Gasteiger partial charge in [-0.3, -0.25) is 0 Å². The largest absolute Gasteiger partial charge is 0.399 e. The third-order valence-electron chi connectivity index (χ3n) is 5.03. The quantitative estimate of drug-likeness (QED) is 0.705. The molecule has 0 amide bonds. The van der Waals surface area contributed by atoms with Crippen molar-refractivity contribution in [2.45, 2.75) is 38.6 Å². The molecule has 4 rings (SSSR count). The number of aromatic nitrogens is 4. The second-order valence-corrected chi connectivity index (χ2v) is 6.79. The normalized spacial score (nSPS) is 21.2. The molecule has 24 heavy (non-hydrogen) atoms. The Hall–Kier alpha value is -2.63. The molecule has 6 heteroatoms. The Kier molecular flexibility index (Phi) is 3.59. The third-order valence-corrected chi connectivity index (χ3v) is 5.03. The van der Waals surface area contributed by atoms with Crippen LogP contribution in [0.25, 0.3) is 22.3 Å². The van der Waals surface area contributed by atoms with Gasteiger partial charge in [0.15, 0.2) is 5.65 Å². The monoisotopic (exact) mass is 322 g/mol. The van der Waals surface area contributed by atoms with Crippen LogP contribution in [0.15, 0.2) is 30.6 Å². The molecule has 0 saturated heterocycles. The molecule has 2 aromatic heterocycles. The number of nitrogens with zero attached hydrogens (tertiary/aromatic N) is 4. The lowest BCUT2D eigenvalue weighted by Gasteiger charge is -2.26. The van der Waals surface area contributed by atoms with Gasteiger partial charge in [0.1, 0.15) is 17.8 Å². The molecule has 6 nitrogen and oxygen atoms in total. The van der Waals surface area contributed by atoms with Crippen LogP contribution in [0.4, 0.5) is 11.5 Å². The molecule has 1 aliphatic carbocycles. The molecule has 0 unspecified atom stereocenters. The predicted octanol–water partition coefficient (Wildman–Crippen LogP) is 3.41. The molecule has 0 bridgehead atoms. The van der Waals surface area contributed by atoms with E-state index < -0.39 is 0 Å². The smallest absolute Gasteiger partial charge is 0.164 e. The summed E-state index contributed by atoms with van der Waals surface area (Å²) in [5.74, 6) is 1.27. The van der Waals surface area contributed by atoms with Crippen LogP contribution in [0, 0.1) is 5.92 Å². The van der Waals surface area contributed by atoms with E-state index in [9.17, 15) is 0 Å². The summed E-state index contributed by atoms with van der Waals surface area (Å²) < 4.78 is 2.06. The average molecular weight is 322 g/mol. The maximum Gasteiger partial charge on any atom is 0.164 e. The lowest BCUT2D eigenvalue weighted by molar-refractivity contribution is 0.278. The Labute approximate surface area is 140 Å². The number of hydrogen-bond acceptors (Lipinski definition) is 5. The summed E-state index contributed by atoms with van der Waals surface area (Å²) in [5, 5.41) is 5.73. The first-order chi connectivity index (χ1) is 11.6. The summed E-state index contributed by atoms with van der Waals surface area (Å²) in [6, 6.07) is 8.07. The van der Waals surface area contributed by atoms with Crippen LogP contribution >= 0.6 is 0 Å². The van der Waals surface area contributed by atoms with Crippen LogP contribution in [-0.2, 0) is 0 Å². The van der Waals surface area contributed by atoms with E-state index >= 15 is 0 Å². The Bertz CT molecular complexity index is 859. The lowest BCUT2D eigenvalue weighted by Crippen LogP contribution is -2.18. The van der Waals surface area contributed by atoms with Gasteiger partial charge in [-0.15, -0.1) is 0 Å². The van der Waals surface area contributed by atoms with Crippen molar-refractivity contribution in [3.63, 3.8) is 0 Å². The number of benzene rings is 1. The fraction of sp³-hybridized carbons (Fsp3) is 0.389. The molecule has 0 radical (unpaired) electrons. The molecule has 1 aliphatic rings. The van der Waals surface area contributed by atoms with Crippen molar-refractivity contribution in [1.82, 2.24) is 19.7 Å². The number of rotatable bonds is 2. The van der Waals surface area contributed by atoms with Crippen LogP contribution in [-0.4, -0.2) is 19.7 Å². The van der Waals surface area contributed by atoms with Crippen molar-refractivity contribution < 1.29 is 0 Å². The standard InChI is InChI=1S/C18H22N6/c1-11-2-8-14(9-3-11)24-18-15(17(20)21-10-22-18)16(23-24)12-4-6-13(19)7-5-12/h4-7,10-11,14H,2-3,8-9,19H2,1H3,(H2,20,21,22). The van der Waals surface area contributed by atoms with E-state index in [0.717, 1.165) is 46.7 Å². The Balaban J connectivity index is 1.87. The topological polar surface area (TPSA) is 95.6 Å². The second kappa shape index (κ2) is 5.78. The van der Waals surface area contributed by atoms with Gasteiger partial charge >= 0.3 is 0 Å². The third kappa shape index (κ3) is 2.48. The first-order valence-electron chi connectivity index (χ1n) is 8.48. The van der Waals surface area contributed by atoms with Gasteiger partial charge in [-0.25, -0.2) is 14.6 Å². The van der Waals surface area contributed by atoms with E-state index in [-0.39, 0.29) is 0 Å². The van der Waals surface area contributed by atoms with Gasteiger partial charge in [0.2, 0.25) is 0 Å². The molecule has 0 aliphatic heterocycles. The molecule has 124 valence electrons. The second-order valence-electron chi connectivity index (χ2n) is 6.79. The summed E-state index contributed by atoms with van der Waals surface area (Å²) in [4.78, 5) is 8.65. The number of anilines is 2. The fourth-order valence-electron chi connectivity index (χ4n) is 3.58. The van der Waals surface area contributed by atoms with Crippen molar-refractivity contribution in [3.8, 4) is 11.3 Å². The van der Waals surface area contributed by atoms with E-state index in [1.54, 1.807) is 0 Å². The van der Waals surface area contributed by atoms with Crippen molar-refractivity contribution in [2.75, 3.05) is 11.5 Å². The van der Waals surface area contributed by atoms with E-state index in [1.807, 2.05) is 24.3 Å². The highest BCUT2D eigenvalue weighted by atomic mass is 15.3. The van der Waals surface area contributed by atoms with E-state index in [1.165, 1.54) is 19.2 Å². The molecule has 2 heterocycles. The summed E-state index contributed by atoms with van der Waals surface area (Å²) in [6.07, 6.45) is 6.23. The SMILES string of the molecule is CC1CCC(n2nc(-c3ccc(N)cc3)c3c(N)ncnc32)CC1. The highest BCUT2D eigenvalue weighted by Gasteiger charge is 2.25. The van der Waals surface area contributed by atoms with Crippen molar-refractivity contribution in [3.05, 3.63) is 30.6 Å². The first-order valence-corrected chi connectivity index (χ1v) is 8.48. The van der Waals surface area contributed by atoms with E-state index in [4.69, 9.17) is 16.6 Å². The average Bonchev–Trinajstić information content (AvgIpc) is 2.97. The van der Waals surface area contributed by atoms with E-state index in [0.29, 0.717) is 11.9 Å². The number of nitrogens with two attached hydrogens (primary N) is 2. The summed E-state index contributed by atoms with van der Waals surface area (Å²) >= 11 is 0. The van der Waals surface area contributed by atoms with Crippen LogP contribution < -0.4 is 11.5 Å². The maximum atomic E-state index is 6.16. The van der Waals surface area contributed by atoms with Crippen LogP contribution in [0.2, 0.25) is 0 Å². The zero-order valence-corrected chi connectivity index (χ0v) is 13.8.